The zero-order valence-corrected chi connectivity index (χ0v) is 10.0. The van der Waals surface area contributed by atoms with E-state index in [-0.39, 0.29) is 41.9 Å². The second kappa shape index (κ2) is 13.7. The number of Topliss-reactive ketones (excluding diaryl/α,β-unsaturated/α-hetero) is 1. The summed E-state index contributed by atoms with van der Waals surface area (Å²) < 4.78 is 0. The average Bonchev–Trinajstić information content (AvgIpc) is 2.26. The van der Waals surface area contributed by atoms with E-state index in [0.717, 1.165) is 12.8 Å². The Balaban J connectivity index is 0. The van der Waals surface area contributed by atoms with Gasteiger partial charge in [0.25, 0.3) is 0 Å². The summed E-state index contributed by atoms with van der Waals surface area (Å²) in [5.74, 6) is 0.117. The van der Waals surface area contributed by atoms with Crippen molar-refractivity contribution in [2.75, 3.05) is 6.54 Å². The third-order valence-electron chi connectivity index (χ3n) is 2.69. The van der Waals surface area contributed by atoms with E-state index < -0.39 is 6.04 Å². The van der Waals surface area contributed by atoms with E-state index in [0.29, 0.717) is 6.42 Å². The third-order valence-corrected chi connectivity index (χ3v) is 2.69. The van der Waals surface area contributed by atoms with E-state index in [9.17, 15) is 4.79 Å². The number of rotatable bonds is 10. The minimum absolute atomic E-state index is 0. The van der Waals surface area contributed by atoms with Gasteiger partial charge in [-0.3, -0.25) is 4.79 Å². The van der Waals surface area contributed by atoms with E-state index in [1.54, 1.807) is 0 Å². The molecule has 0 aromatic heterocycles. The minimum atomic E-state index is -0.440. The Bertz CT molecular complexity index is 165. The van der Waals surface area contributed by atoms with Gasteiger partial charge in [0.05, 0.1) is 6.04 Å². The van der Waals surface area contributed by atoms with E-state index >= 15 is 0 Å². The van der Waals surface area contributed by atoms with Crippen molar-refractivity contribution in [3.63, 3.8) is 0 Å². The molecule has 1 unspecified atom stereocenters. The van der Waals surface area contributed by atoms with Crippen LogP contribution in [0.2, 0.25) is 0 Å². The van der Waals surface area contributed by atoms with Crippen molar-refractivity contribution in [2.24, 2.45) is 11.5 Å². The molecule has 0 amide bonds. The van der Waals surface area contributed by atoms with Crippen molar-refractivity contribution in [1.82, 2.24) is 0 Å². The molecule has 0 saturated heterocycles. The first-order valence-corrected chi connectivity index (χ1v) is 6.20. The fourth-order valence-corrected chi connectivity index (χ4v) is 1.57. The summed E-state index contributed by atoms with van der Waals surface area (Å²) in [4.78, 5) is 11.3. The van der Waals surface area contributed by atoms with Gasteiger partial charge in [-0.1, -0.05) is 45.4 Å². The van der Waals surface area contributed by atoms with Crippen LogP contribution in [0.5, 0.6) is 0 Å². The van der Waals surface area contributed by atoms with Crippen LogP contribution in [-0.2, 0) is 4.79 Å². The Hall–Kier alpha value is 0.590. The van der Waals surface area contributed by atoms with Crippen LogP contribution in [0.15, 0.2) is 0 Å². The summed E-state index contributed by atoms with van der Waals surface area (Å²) >= 11 is 0. The van der Waals surface area contributed by atoms with Crippen LogP contribution in [0.4, 0.5) is 0 Å². The number of carbonyl (C=O) groups excluding carboxylic acids is 1. The standard InChI is InChI=1S/C12H26N2O.Na.H/c1-2-3-4-5-6-7-8-9-12(15)11(14)10-13;;/h11H,2-10,13-14H2,1H3;;. The van der Waals surface area contributed by atoms with Crippen molar-refractivity contribution < 1.29 is 4.79 Å². The topological polar surface area (TPSA) is 69.1 Å². The molecule has 0 aromatic carbocycles. The number of ketones is 1. The SMILES string of the molecule is CCCCCCCCCC(=O)C(N)CN.[NaH]. The average molecular weight is 238 g/mol. The summed E-state index contributed by atoms with van der Waals surface area (Å²) in [5.41, 5.74) is 10.8. The fraction of sp³-hybridized carbons (Fsp3) is 0.917. The molecular weight excluding hydrogens is 211 g/mol. The molecular formula is C12H27N2NaO. The van der Waals surface area contributed by atoms with E-state index in [2.05, 4.69) is 6.92 Å². The van der Waals surface area contributed by atoms with E-state index in [1.165, 1.54) is 32.1 Å². The summed E-state index contributed by atoms with van der Waals surface area (Å²) in [6.07, 6.45) is 9.20. The molecule has 0 aliphatic rings. The second-order valence-electron chi connectivity index (χ2n) is 4.18. The molecule has 0 aromatic rings. The van der Waals surface area contributed by atoms with E-state index in [1.807, 2.05) is 0 Å². The number of nitrogens with two attached hydrogens (primary N) is 2. The first-order chi connectivity index (χ1) is 7.22. The monoisotopic (exact) mass is 238 g/mol. The first-order valence-electron chi connectivity index (χ1n) is 6.20. The number of hydrogen-bond acceptors (Lipinski definition) is 3. The maximum absolute atomic E-state index is 11.3. The summed E-state index contributed by atoms with van der Waals surface area (Å²) in [6, 6.07) is -0.440. The maximum atomic E-state index is 11.3. The molecule has 16 heavy (non-hydrogen) atoms. The molecule has 0 aliphatic heterocycles. The van der Waals surface area contributed by atoms with Crippen molar-refractivity contribution in [1.29, 1.82) is 0 Å². The molecule has 0 spiro atoms. The molecule has 92 valence electrons. The number of hydrogen-bond donors (Lipinski definition) is 2. The van der Waals surface area contributed by atoms with Gasteiger partial charge in [-0.05, 0) is 6.42 Å². The predicted molar refractivity (Wildman–Crippen MR) is 71.8 cm³/mol. The van der Waals surface area contributed by atoms with Gasteiger partial charge >= 0.3 is 29.6 Å². The molecule has 4 heteroatoms. The van der Waals surface area contributed by atoms with Crippen LogP contribution in [0, 0.1) is 0 Å². The van der Waals surface area contributed by atoms with Crippen molar-refractivity contribution in [3.05, 3.63) is 0 Å². The molecule has 0 aliphatic carbocycles. The van der Waals surface area contributed by atoms with Gasteiger partial charge in [-0.25, -0.2) is 0 Å². The normalized spacial score (nSPS) is 11.9. The van der Waals surface area contributed by atoms with Crippen LogP contribution in [0.25, 0.3) is 0 Å². The molecule has 0 fully saturated rings. The zero-order chi connectivity index (χ0) is 11.5. The van der Waals surface area contributed by atoms with Crippen LogP contribution in [0.3, 0.4) is 0 Å². The molecule has 0 bridgehead atoms. The van der Waals surface area contributed by atoms with Crippen molar-refractivity contribution >= 4 is 35.3 Å². The quantitative estimate of drug-likeness (QED) is 0.445. The second-order valence-corrected chi connectivity index (χ2v) is 4.18. The van der Waals surface area contributed by atoms with Gasteiger partial charge in [-0.15, -0.1) is 0 Å². The Labute approximate surface area is 122 Å². The molecule has 0 rings (SSSR count). The molecule has 0 radical (unpaired) electrons. The molecule has 3 nitrogen and oxygen atoms in total. The molecule has 1 atom stereocenters. The Morgan fingerprint density at radius 3 is 2.06 bits per heavy atom. The van der Waals surface area contributed by atoms with Crippen LogP contribution < -0.4 is 11.5 Å². The van der Waals surface area contributed by atoms with Gasteiger partial charge in [0.2, 0.25) is 0 Å². The first kappa shape index (κ1) is 18.9. The molecule has 0 saturated carbocycles. The Morgan fingerprint density at radius 2 is 1.56 bits per heavy atom. The predicted octanol–water partition coefficient (Wildman–Crippen LogP) is 1.33. The van der Waals surface area contributed by atoms with Crippen molar-refractivity contribution in [3.8, 4) is 0 Å². The summed E-state index contributed by atoms with van der Waals surface area (Å²) in [6.45, 7) is 2.49. The van der Waals surface area contributed by atoms with Crippen molar-refractivity contribution in [2.45, 2.75) is 64.3 Å². The Morgan fingerprint density at radius 1 is 1.06 bits per heavy atom. The number of carbonyl (C=O) groups is 1. The summed E-state index contributed by atoms with van der Waals surface area (Å²) in [5, 5.41) is 0. The van der Waals surface area contributed by atoms with Crippen LogP contribution >= 0.6 is 0 Å². The fourth-order valence-electron chi connectivity index (χ4n) is 1.57. The third kappa shape index (κ3) is 11.1. The van der Waals surface area contributed by atoms with Gasteiger partial charge in [0.15, 0.2) is 5.78 Å². The van der Waals surface area contributed by atoms with Gasteiger partial charge < -0.3 is 11.5 Å². The summed E-state index contributed by atoms with van der Waals surface area (Å²) in [7, 11) is 0. The van der Waals surface area contributed by atoms with E-state index in [4.69, 9.17) is 11.5 Å². The Kier molecular flexibility index (Phi) is 16.2. The molecule has 0 heterocycles. The van der Waals surface area contributed by atoms with Gasteiger partial charge in [-0.2, -0.15) is 0 Å². The van der Waals surface area contributed by atoms with Crippen LogP contribution in [-0.4, -0.2) is 47.9 Å². The number of unbranched alkanes of at least 4 members (excludes halogenated alkanes) is 6. The van der Waals surface area contributed by atoms with Gasteiger partial charge in [0, 0.05) is 13.0 Å². The zero-order valence-electron chi connectivity index (χ0n) is 10.0. The molecule has 4 N–H and O–H groups in total. The van der Waals surface area contributed by atoms with Crippen LogP contribution in [0.1, 0.15) is 58.3 Å². The van der Waals surface area contributed by atoms with Gasteiger partial charge in [0.1, 0.15) is 0 Å².